The van der Waals surface area contributed by atoms with Crippen LogP contribution in [0.4, 0.5) is 14.6 Å². The zero-order chi connectivity index (χ0) is 23.2. The Labute approximate surface area is 192 Å². The minimum atomic E-state index is -0.957. The van der Waals surface area contributed by atoms with E-state index in [0.717, 1.165) is 11.1 Å². The molecule has 3 aromatic rings. The number of carbonyl (C=O) groups excluding carboxylic acids is 1. The number of nitrogen functional groups attached to an aromatic ring is 1. The van der Waals surface area contributed by atoms with E-state index < -0.39 is 17.7 Å². The van der Waals surface area contributed by atoms with Crippen LogP contribution in [0.5, 0.6) is 5.75 Å². The molecule has 1 amide bonds. The molecule has 2 aromatic heterocycles. The molecule has 3 heterocycles. The maximum atomic E-state index is 14.0. The van der Waals surface area contributed by atoms with Crippen molar-refractivity contribution in [3.8, 4) is 5.75 Å². The third kappa shape index (κ3) is 3.89. The topological polar surface area (TPSA) is 81.6 Å². The Kier molecular flexibility index (Phi) is 6.01. The zero-order valence-corrected chi connectivity index (χ0v) is 18.7. The number of carbonyl (C=O) groups is 1. The zero-order valence-electron chi connectivity index (χ0n) is 17.2. The number of pyridine rings is 1. The first-order valence-electron chi connectivity index (χ1n) is 9.79. The summed E-state index contributed by atoms with van der Waals surface area (Å²) in [6.45, 7) is 4.17. The molecule has 4 rings (SSSR count). The van der Waals surface area contributed by atoms with Gasteiger partial charge in [0.1, 0.15) is 17.7 Å². The van der Waals surface area contributed by atoms with E-state index >= 15 is 0 Å². The van der Waals surface area contributed by atoms with Crippen LogP contribution in [0.3, 0.4) is 0 Å². The molecule has 1 aliphatic heterocycles. The number of nitrogens with two attached hydrogens (primary N) is 1. The highest BCUT2D eigenvalue weighted by molar-refractivity contribution is 6.36. The summed E-state index contributed by atoms with van der Waals surface area (Å²) < 4.78 is 39.6. The van der Waals surface area contributed by atoms with Crippen LogP contribution < -0.4 is 10.5 Å². The van der Waals surface area contributed by atoms with E-state index in [9.17, 15) is 13.6 Å². The second-order valence-corrected chi connectivity index (χ2v) is 8.21. The van der Waals surface area contributed by atoms with Crippen LogP contribution in [0.15, 0.2) is 29.0 Å². The van der Waals surface area contributed by atoms with E-state index in [-0.39, 0.29) is 33.1 Å². The molecule has 0 saturated heterocycles. The lowest BCUT2D eigenvalue weighted by atomic mass is 9.99. The number of hydrogen-bond acceptors (Lipinski definition) is 5. The lowest BCUT2D eigenvalue weighted by Gasteiger charge is -2.25. The number of amides is 1. The minimum absolute atomic E-state index is 0.0163. The quantitative estimate of drug-likeness (QED) is 0.478. The number of rotatable bonds is 4. The fourth-order valence-electron chi connectivity index (χ4n) is 3.73. The van der Waals surface area contributed by atoms with Crippen molar-refractivity contribution in [2.75, 3.05) is 18.8 Å². The highest BCUT2D eigenvalue weighted by Gasteiger charge is 2.26. The highest BCUT2D eigenvalue weighted by Crippen LogP contribution is 2.41. The van der Waals surface area contributed by atoms with Gasteiger partial charge in [-0.15, -0.1) is 0 Å². The van der Waals surface area contributed by atoms with Crippen molar-refractivity contribution in [1.82, 2.24) is 9.88 Å². The molecule has 1 aliphatic rings. The van der Waals surface area contributed by atoms with Gasteiger partial charge in [0, 0.05) is 43.4 Å². The predicted octanol–water partition coefficient (Wildman–Crippen LogP) is 5.77. The van der Waals surface area contributed by atoms with Crippen molar-refractivity contribution in [2.45, 2.75) is 26.4 Å². The van der Waals surface area contributed by atoms with Crippen molar-refractivity contribution >= 4 is 51.5 Å². The number of fused-ring (bicyclic) bond motifs is 1. The Hall–Kier alpha value is -2.84. The molecule has 168 valence electrons. The van der Waals surface area contributed by atoms with E-state index in [0.29, 0.717) is 36.5 Å². The molecule has 0 fully saturated rings. The smallest absolute Gasteiger partial charge is 0.219 e. The molecular formula is C22H19Cl2F2N3O3. The average molecular weight is 482 g/mol. The number of hydrogen-bond donors (Lipinski definition) is 1. The normalized spacial score (nSPS) is 15.1. The molecule has 1 atom stereocenters. The van der Waals surface area contributed by atoms with E-state index in [1.54, 1.807) is 17.4 Å². The lowest BCUT2D eigenvalue weighted by Crippen LogP contribution is -2.32. The molecule has 1 aromatic carbocycles. The molecule has 0 saturated carbocycles. The first-order chi connectivity index (χ1) is 15.2. The van der Waals surface area contributed by atoms with Crippen LogP contribution in [0, 0.1) is 11.6 Å². The Bertz CT molecular complexity index is 1230. The van der Waals surface area contributed by atoms with Crippen molar-refractivity contribution in [2.24, 2.45) is 0 Å². The van der Waals surface area contributed by atoms with E-state index in [1.807, 2.05) is 6.08 Å². The van der Waals surface area contributed by atoms with Gasteiger partial charge in [0.15, 0.2) is 11.4 Å². The summed E-state index contributed by atoms with van der Waals surface area (Å²) in [5.41, 5.74) is 8.11. The second-order valence-electron chi connectivity index (χ2n) is 7.45. The van der Waals surface area contributed by atoms with Gasteiger partial charge in [0.25, 0.3) is 0 Å². The summed E-state index contributed by atoms with van der Waals surface area (Å²) >= 11 is 12.0. The Morgan fingerprint density at radius 1 is 1.31 bits per heavy atom. The van der Waals surface area contributed by atoms with Gasteiger partial charge in [-0.05, 0) is 18.9 Å². The van der Waals surface area contributed by atoms with Crippen LogP contribution in [0.25, 0.3) is 16.5 Å². The average Bonchev–Trinajstić information content (AvgIpc) is 3.19. The number of benzene rings is 1. The summed E-state index contributed by atoms with van der Waals surface area (Å²) in [7, 11) is 0. The van der Waals surface area contributed by atoms with E-state index in [4.69, 9.17) is 38.1 Å². The van der Waals surface area contributed by atoms with Gasteiger partial charge >= 0.3 is 0 Å². The first kappa shape index (κ1) is 22.4. The Morgan fingerprint density at radius 2 is 2.00 bits per heavy atom. The number of anilines is 1. The highest BCUT2D eigenvalue weighted by atomic mass is 35.5. The summed E-state index contributed by atoms with van der Waals surface area (Å²) in [6.07, 6.45) is 4.80. The summed E-state index contributed by atoms with van der Waals surface area (Å²) in [6, 6.07) is 0.613. The summed E-state index contributed by atoms with van der Waals surface area (Å²) in [5.74, 6) is -1.74. The van der Waals surface area contributed by atoms with Gasteiger partial charge in [-0.2, -0.15) is 0 Å². The van der Waals surface area contributed by atoms with Crippen LogP contribution in [0.2, 0.25) is 10.0 Å². The first-order valence-corrected chi connectivity index (χ1v) is 10.5. The molecule has 0 spiro atoms. The number of halogens is 4. The van der Waals surface area contributed by atoms with Gasteiger partial charge in [-0.3, -0.25) is 4.79 Å². The largest absolute Gasteiger partial charge is 0.478 e. The fourth-order valence-corrected chi connectivity index (χ4v) is 4.38. The predicted molar refractivity (Wildman–Crippen MR) is 119 cm³/mol. The van der Waals surface area contributed by atoms with Gasteiger partial charge < -0.3 is 19.8 Å². The van der Waals surface area contributed by atoms with Crippen LogP contribution >= 0.6 is 23.2 Å². The molecule has 10 heteroatoms. The fraction of sp³-hybridized carbons (Fsp3) is 0.273. The maximum Gasteiger partial charge on any atom is 0.219 e. The lowest BCUT2D eigenvalue weighted by molar-refractivity contribution is -0.128. The third-order valence-electron chi connectivity index (χ3n) is 5.45. The number of aromatic nitrogens is 1. The molecule has 6 nitrogen and oxygen atoms in total. The van der Waals surface area contributed by atoms with Crippen LogP contribution in [0.1, 0.15) is 37.5 Å². The Balaban J connectivity index is 1.71. The SMILES string of the molecule is CC(=O)N1CC=C(c2coc3c(O[C@H](C)c4c(Cl)c(F)cc(F)c4Cl)c(N)ncc23)CC1. The van der Waals surface area contributed by atoms with Crippen molar-refractivity contribution in [3.63, 3.8) is 0 Å². The summed E-state index contributed by atoms with van der Waals surface area (Å²) in [5, 5.41) is -0.0261. The number of furan rings is 1. The number of ether oxygens (including phenoxy) is 1. The van der Waals surface area contributed by atoms with E-state index in [1.165, 1.54) is 13.8 Å². The summed E-state index contributed by atoms with van der Waals surface area (Å²) in [4.78, 5) is 17.5. The standard InChI is InChI=1S/C22H19Cl2F2N3O3/c1-10(17-18(23)15(25)7-16(26)19(17)24)32-21-20-13(8-28-22(21)27)14(9-31-20)12-3-5-29(6-4-12)11(2)30/h3,7-10H,4-6H2,1-2H3,(H2,27,28)/t10-/m1/s1. The minimum Gasteiger partial charge on any atom is -0.478 e. The van der Waals surface area contributed by atoms with Gasteiger partial charge in [0.05, 0.1) is 21.7 Å². The van der Waals surface area contributed by atoms with Crippen molar-refractivity contribution < 1.29 is 22.7 Å². The maximum absolute atomic E-state index is 14.0. The molecular weight excluding hydrogens is 463 g/mol. The van der Waals surface area contributed by atoms with Crippen LogP contribution in [-0.4, -0.2) is 28.9 Å². The molecule has 0 aliphatic carbocycles. The van der Waals surface area contributed by atoms with E-state index in [2.05, 4.69) is 4.98 Å². The second kappa shape index (κ2) is 8.60. The molecule has 0 bridgehead atoms. The van der Waals surface area contributed by atoms with Gasteiger partial charge in [0.2, 0.25) is 11.7 Å². The van der Waals surface area contributed by atoms with Gasteiger partial charge in [-0.1, -0.05) is 29.3 Å². The number of nitrogens with zero attached hydrogens (tertiary/aromatic N) is 2. The molecule has 32 heavy (non-hydrogen) atoms. The van der Waals surface area contributed by atoms with Gasteiger partial charge in [-0.25, -0.2) is 13.8 Å². The third-order valence-corrected chi connectivity index (χ3v) is 6.22. The van der Waals surface area contributed by atoms with Crippen molar-refractivity contribution in [3.05, 3.63) is 57.4 Å². The molecule has 2 N–H and O–H groups in total. The molecule has 0 radical (unpaired) electrons. The van der Waals surface area contributed by atoms with Crippen LogP contribution in [-0.2, 0) is 4.79 Å². The Morgan fingerprint density at radius 3 is 2.59 bits per heavy atom. The monoisotopic (exact) mass is 481 g/mol. The van der Waals surface area contributed by atoms with Crippen molar-refractivity contribution in [1.29, 1.82) is 0 Å². The molecule has 0 unspecified atom stereocenters.